The van der Waals surface area contributed by atoms with E-state index in [0.29, 0.717) is 17.6 Å². The fourth-order valence-electron chi connectivity index (χ4n) is 3.62. The van der Waals surface area contributed by atoms with Crippen molar-refractivity contribution in [2.75, 3.05) is 54.1 Å². The molecule has 0 N–H and O–H groups in total. The first-order valence-electron chi connectivity index (χ1n) is 14.8. The van der Waals surface area contributed by atoms with Gasteiger partial charge in [-0.3, -0.25) is 4.57 Å². The standard InChI is InChI=1S/C30H60NO6P/c1-8-9-10-11-12-13-14-15-16-17-18-19-20-21-22-23-25-34-27-29(37-30(2,3)4)28-36-38(32,33)35-26-24-31(5,6)7/h12-13,18-19,29H,8-11,14-17,20-28H2,1-7H3/b13-12-,19-18-/t29-/m1/s1. The van der Waals surface area contributed by atoms with Crippen LogP contribution in [0.4, 0.5) is 0 Å². The number of nitrogens with zero attached hydrogens (tertiary/aromatic N) is 1. The molecule has 0 aliphatic rings. The third-order valence-electron chi connectivity index (χ3n) is 5.71. The minimum absolute atomic E-state index is 0.0810. The first kappa shape index (κ1) is 37.5. The van der Waals surface area contributed by atoms with Crippen molar-refractivity contribution >= 4 is 7.82 Å². The lowest BCUT2D eigenvalue weighted by Gasteiger charge is -2.31. The first-order chi connectivity index (χ1) is 17.8. The number of phosphoric ester groups is 1. The largest absolute Gasteiger partial charge is 0.756 e. The monoisotopic (exact) mass is 561 g/mol. The maximum atomic E-state index is 12.1. The Morgan fingerprint density at radius 2 is 1.29 bits per heavy atom. The molecular formula is C30H60NO6P. The number of unbranched alkanes of at least 4 members (excludes halogenated alkanes) is 9. The van der Waals surface area contributed by atoms with E-state index in [1.807, 2.05) is 41.9 Å². The van der Waals surface area contributed by atoms with Gasteiger partial charge in [0.1, 0.15) is 19.3 Å². The number of quaternary nitrogens is 1. The first-order valence-corrected chi connectivity index (χ1v) is 16.3. The van der Waals surface area contributed by atoms with Gasteiger partial charge in [-0.25, -0.2) is 0 Å². The van der Waals surface area contributed by atoms with Gasteiger partial charge in [0.15, 0.2) is 0 Å². The van der Waals surface area contributed by atoms with Crippen molar-refractivity contribution in [3.8, 4) is 0 Å². The summed E-state index contributed by atoms with van der Waals surface area (Å²) < 4.78 is 34.5. The zero-order chi connectivity index (χ0) is 28.8. The van der Waals surface area contributed by atoms with Crippen LogP contribution in [0.3, 0.4) is 0 Å². The van der Waals surface area contributed by atoms with Gasteiger partial charge in [0.2, 0.25) is 0 Å². The normalized spacial score (nSPS) is 15.5. The summed E-state index contributed by atoms with van der Waals surface area (Å²) in [6.45, 7) is 9.44. The van der Waals surface area contributed by atoms with Crippen molar-refractivity contribution in [1.29, 1.82) is 0 Å². The number of phosphoric acid groups is 1. The molecule has 0 heterocycles. The van der Waals surface area contributed by atoms with Gasteiger partial charge in [-0.1, -0.05) is 50.5 Å². The minimum atomic E-state index is -4.38. The van der Waals surface area contributed by atoms with Gasteiger partial charge in [-0.05, 0) is 78.6 Å². The Hall–Kier alpha value is -0.530. The van der Waals surface area contributed by atoms with E-state index in [1.54, 1.807) is 0 Å². The Labute approximate surface area is 235 Å². The SMILES string of the molecule is CCCCC/C=C\CCCC/C=C\CCCCCOC[C@H](COP(=O)([O-])OCC[N+](C)(C)C)OC(C)(C)C. The molecule has 226 valence electrons. The van der Waals surface area contributed by atoms with Crippen LogP contribution in [-0.2, 0) is 23.1 Å². The minimum Gasteiger partial charge on any atom is -0.756 e. The summed E-state index contributed by atoms with van der Waals surface area (Å²) in [5.74, 6) is 0. The van der Waals surface area contributed by atoms with Crippen LogP contribution in [-0.4, -0.2) is 70.3 Å². The molecule has 0 radical (unpaired) electrons. The smallest absolute Gasteiger partial charge is 0.268 e. The highest BCUT2D eigenvalue weighted by Crippen LogP contribution is 2.38. The zero-order valence-electron chi connectivity index (χ0n) is 25.8. The summed E-state index contributed by atoms with van der Waals surface area (Å²) in [7, 11) is 1.53. The van der Waals surface area contributed by atoms with Gasteiger partial charge in [0.25, 0.3) is 7.82 Å². The number of ether oxygens (including phenoxy) is 2. The van der Waals surface area contributed by atoms with E-state index in [0.717, 1.165) is 25.7 Å². The van der Waals surface area contributed by atoms with Crippen LogP contribution in [0.25, 0.3) is 0 Å². The molecule has 0 fully saturated rings. The molecule has 0 saturated heterocycles. The highest BCUT2D eigenvalue weighted by atomic mass is 31.2. The molecule has 1 unspecified atom stereocenters. The highest BCUT2D eigenvalue weighted by Gasteiger charge is 2.22. The number of allylic oxidation sites excluding steroid dienone is 4. The molecule has 0 aliphatic carbocycles. The molecule has 0 aromatic carbocycles. The summed E-state index contributed by atoms with van der Waals surface area (Å²) in [4.78, 5) is 12.1. The van der Waals surface area contributed by atoms with Crippen LogP contribution in [0.1, 0.15) is 105 Å². The third-order valence-corrected chi connectivity index (χ3v) is 6.68. The van der Waals surface area contributed by atoms with Gasteiger partial charge in [-0.2, -0.15) is 0 Å². The van der Waals surface area contributed by atoms with Crippen LogP contribution >= 0.6 is 7.82 Å². The maximum absolute atomic E-state index is 12.1. The van der Waals surface area contributed by atoms with Crippen LogP contribution in [0.15, 0.2) is 24.3 Å². The molecule has 7 nitrogen and oxygen atoms in total. The van der Waals surface area contributed by atoms with Crippen molar-refractivity contribution < 1.29 is 32.5 Å². The fraction of sp³-hybridized carbons (Fsp3) is 0.867. The Morgan fingerprint density at radius 3 is 1.79 bits per heavy atom. The molecule has 0 amide bonds. The predicted octanol–water partition coefficient (Wildman–Crippen LogP) is 7.21. The van der Waals surface area contributed by atoms with Gasteiger partial charge in [0.05, 0.1) is 40.0 Å². The molecule has 38 heavy (non-hydrogen) atoms. The van der Waals surface area contributed by atoms with E-state index >= 15 is 0 Å². The van der Waals surface area contributed by atoms with Crippen molar-refractivity contribution in [1.82, 2.24) is 0 Å². The van der Waals surface area contributed by atoms with Gasteiger partial charge >= 0.3 is 0 Å². The quantitative estimate of drug-likeness (QED) is 0.0507. The number of hydrogen-bond acceptors (Lipinski definition) is 6. The summed E-state index contributed by atoms with van der Waals surface area (Å²) >= 11 is 0. The lowest BCUT2D eigenvalue weighted by atomic mass is 10.1. The molecule has 0 aliphatic heterocycles. The number of rotatable bonds is 25. The summed E-state index contributed by atoms with van der Waals surface area (Å²) in [6.07, 6.45) is 23.2. The highest BCUT2D eigenvalue weighted by molar-refractivity contribution is 7.45. The molecule has 0 saturated carbocycles. The second kappa shape index (κ2) is 22.2. The molecule has 0 rings (SSSR count). The van der Waals surface area contributed by atoms with Crippen LogP contribution in [0.5, 0.6) is 0 Å². The summed E-state index contributed by atoms with van der Waals surface area (Å²) in [5, 5.41) is 0. The van der Waals surface area contributed by atoms with Gasteiger partial charge in [-0.15, -0.1) is 0 Å². The van der Waals surface area contributed by atoms with E-state index in [1.165, 1.54) is 51.4 Å². The Bertz CT molecular complexity index is 654. The lowest BCUT2D eigenvalue weighted by molar-refractivity contribution is -0.870. The van der Waals surface area contributed by atoms with Crippen molar-refractivity contribution in [3.05, 3.63) is 24.3 Å². The van der Waals surface area contributed by atoms with E-state index < -0.39 is 19.5 Å². The Morgan fingerprint density at radius 1 is 0.763 bits per heavy atom. The molecule has 0 bridgehead atoms. The van der Waals surface area contributed by atoms with Crippen molar-refractivity contribution in [2.45, 2.75) is 116 Å². The van der Waals surface area contributed by atoms with E-state index in [9.17, 15) is 9.46 Å². The molecule has 2 atom stereocenters. The van der Waals surface area contributed by atoms with Crippen molar-refractivity contribution in [2.24, 2.45) is 0 Å². The molecular weight excluding hydrogens is 501 g/mol. The molecule has 0 aromatic heterocycles. The number of hydrogen-bond donors (Lipinski definition) is 0. The van der Waals surface area contributed by atoms with E-state index in [2.05, 4.69) is 31.2 Å². The second-order valence-corrected chi connectivity index (χ2v) is 13.5. The van der Waals surface area contributed by atoms with Gasteiger partial charge < -0.3 is 27.9 Å². The van der Waals surface area contributed by atoms with Crippen molar-refractivity contribution in [3.63, 3.8) is 0 Å². The van der Waals surface area contributed by atoms with Crippen LogP contribution < -0.4 is 4.89 Å². The maximum Gasteiger partial charge on any atom is 0.268 e. The average Bonchev–Trinajstić information content (AvgIpc) is 2.80. The van der Waals surface area contributed by atoms with Gasteiger partial charge in [0, 0.05) is 6.61 Å². The average molecular weight is 562 g/mol. The zero-order valence-corrected chi connectivity index (χ0v) is 26.6. The molecule has 8 heteroatoms. The second-order valence-electron chi connectivity index (χ2n) is 12.1. The molecule has 0 spiro atoms. The summed E-state index contributed by atoms with van der Waals surface area (Å²) in [6, 6.07) is 0. The third kappa shape index (κ3) is 28.5. The van der Waals surface area contributed by atoms with E-state index in [-0.39, 0.29) is 19.8 Å². The van der Waals surface area contributed by atoms with Crippen LogP contribution in [0.2, 0.25) is 0 Å². The topological polar surface area (TPSA) is 77.1 Å². The lowest BCUT2D eigenvalue weighted by Crippen LogP contribution is -2.38. The predicted molar refractivity (Wildman–Crippen MR) is 157 cm³/mol. The fourth-order valence-corrected chi connectivity index (χ4v) is 4.35. The molecule has 0 aromatic rings. The Balaban J connectivity index is 3.95. The van der Waals surface area contributed by atoms with E-state index in [4.69, 9.17) is 18.5 Å². The summed E-state index contributed by atoms with van der Waals surface area (Å²) in [5.41, 5.74) is -0.438. The number of likely N-dealkylation sites (N-methyl/N-ethyl adjacent to an activating group) is 1. The Kier molecular flexibility index (Phi) is 21.9. The van der Waals surface area contributed by atoms with Crippen LogP contribution in [0, 0.1) is 0 Å².